The van der Waals surface area contributed by atoms with E-state index in [-0.39, 0.29) is 24.5 Å². The molecule has 0 radical (unpaired) electrons. The van der Waals surface area contributed by atoms with Gasteiger partial charge in [-0.25, -0.2) is 4.98 Å². The number of aliphatic hydroxyl groups excluding tert-OH is 1. The van der Waals surface area contributed by atoms with Crippen LogP contribution in [0.1, 0.15) is 25.3 Å². The Morgan fingerprint density at radius 3 is 3.06 bits per heavy atom. The second-order valence-electron chi connectivity index (χ2n) is 4.38. The van der Waals surface area contributed by atoms with Crippen LogP contribution in [-0.4, -0.2) is 39.3 Å². The van der Waals surface area contributed by atoms with Crippen LogP contribution in [0.5, 0.6) is 0 Å². The average molecular weight is 238 g/mol. The average Bonchev–Trinajstić information content (AvgIpc) is 2.85. The van der Waals surface area contributed by atoms with Gasteiger partial charge in [-0.2, -0.15) is 0 Å². The van der Waals surface area contributed by atoms with Crippen LogP contribution in [0, 0.1) is 0 Å². The molecule has 1 aliphatic rings. The van der Waals surface area contributed by atoms with Crippen LogP contribution in [0.4, 0.5) is 0 Å². The van der Waals surface area contributed by atoms with Gasteiger partial charge in [0.25, 0.3) is 0 Å². The summed E-state index contributed by atoms with van der Waals surface area (Å²) < 4.78 is 1.89. The molecule has 6 heteroatoms. The molecule has 2 rings (SSSR count). The summed E-state index contributed by atoms with van der Waals surface area (Å²) in [6.07, 6.45) is 7.28. The molecule has 1 amide bonds. The van der Waals surface area contributed by atoms with Gasteiger partial charge < -0.3 is 20.7 Å². The van der Waals surface area contributed by atoms with Crippen molar-refractivity contribution in [2.75, 3.05) is 6.54 Å². The lowest BCUT2D eigenvalue weighted by molar-refractivity contribution is -0.122. The molecule has 1 fully saturated rings. The van der Waals surface area contributed by atoms with Gasteiger partial charge in [-0.3, -0.25) is 4.79 Å². The highest BCUT2D eigenvalue weighted by Crippen LogP contribution is 2.28. The monoisotopic (exact) mass is 238 g/mol. The summed E-state index contributed by atoms with van der Waals surface area (Å²) in [6, 6.07) is -0.235. The van der Waals surface area contributed by atoms with Crippen LogP contribution in [-0.2, 0) is 4.79 Å². The lowest BCUT2D eigenvalue weighted by atomic mass is 9.88. The predicted octanol–water partition coefficient (Wildman–Crippen LogP) is -0.587. The molecule has 1 heterocycles. The van der Waals surface area contributed by atoms with E-state index in [4.69, 9.17) is 5.73 Å². The van der Waals surface area contributed by atoms with Gasteiger partial charge in [-0.1, -0.05) is 0 Å². The second-order valence-corrected chi connectivity index (χ2v) is 4.38. The van der Waals surface area contributed by atoms with Gasteiger partial charge >= 0.3 is 0 Å². The number of nitrogens with one attached hydrogen (secondary N) is 1. The normalized spacial score (nSPS) is 28.9. The number of amides is 1. The Kier molecular flexibility index (Phi) is 3.75. The zero-order valence-electron chi connectivity index (χ0n) is 9.62. The lowest BCUT2D eigenvalue weighted by Gasteiger charge is -2.35. The Morgan fingerprint density at radius 2 is 2.41 bits per heavy atom. The summed E-state index contributed by atoms with van der Waals surface area (Å²) in [7, 11) is 0. The number of aliphatic hydroxyl groups is 1. The van der Waals surface area contributed by atoms with E-state index in [0.717, 1.165) is 19.3 Å². The van der Waals surface area contributed by atoms with Crippen molar-refractivity contribution in [2.45, 2.75) is 37.5 Å². The van der Waals surface area contributed by atoms with Crippen LogP contribution >= 0.6 is 0 Å². The third-order valence-corrected chi connectivity index (χ3v) is 3.26. The first-order valence-electron chi connectivity index (χ1n) is 5.87. The van der Waals surface area contributed by atoms with Gasteiger partial charge in [0.2, 0.25) is 5.91 Å². The van der Waals surface area contributed by atoms with E-state index in [0.29, 0.717) is 0 Å². The maximum absolute atomic E-state index is 11.3. The van der Waals surface area contributed by atoms with Gasteiger partial charge in [0.15, 0.2) is 0 Å². The molecule has 1 saturated carbocycles. The number of rotatable bonds is 3. The fourth-order valence-electron chi connectivity index (χ4n) is 2.37. The van der Waals surface area contributed by atoms with E-state index >= 15 is 0 Å². The van der Waals surface area contributed by atoms with Gasteiger partial charge in [0.05, 0.1) is 31.1 Å². The molecule has 0 bridgehead atoms. The summed E-state index contributed by atoms with van der Waals surface area (Å²) in [6.45, 7) is -0.0427. The Balaban J connectivity index is 2.03. The molecule has 17 heavy (non-hydrogen) atoms. The topological polar surface area (TPSA) is 93.2 Å². The van der Waals surface area contributed by atoms with E-state index in [1.54, 1.807) is 12.5 Å². The van der Waals surface area contributed by atoms with Crippen molar-refractivity contribution < 1.29 is 9.90 Å². The molecule has 1 aliphatic carbocycles. The van der Waals surface area contributed by atoms with Crippen molar-refractivity contribution in [1.29, 1.82) is 0 Å². The second kappa shape index (κ2) is 5.29. The van der Waals surface area contributed by atoms with Gasteiger partial charge in [-0.05, 0) is 19.3 Å². The van der Waals surface area contributed by atoms with Crippen molar-refractivity contribution in [3.63, 3.8) is 0 Å². The Morgan fingerprint density at radius 1 is 1.59 bits per heavy atom. The summed E-state index contributed by atoms with van der Waals surface area (Å²) >= 11 is 0. The maximum atomic E-state index is 11.3. The molecule has 6 nitrogen and oxygen atoms in total. The summed E-state index contributed by atoms with van der Waals surface area (Å²) in [5, 5.41) is 13.0. The summed E-state index contributed by atoms with van der Waals surface area (Å²) in [4.78, 5) is 15.2. The van der Waals surface area contributed by atoms with Gasteiger partial charge in [-0.15, -0.1) is 0 Å². The number of hydrogen-bond donors (Lipinski definition) is 3. The van der Waals surface area contributed by atoms with E-state index in [1.165, 1.54) is 0 Å². The van der Waals surface area contributed by atoms with Gasteiger partial charge in [0.1, 0.15) is 0 Å². The quantitative estimate of drug-likeness (QED) is 0.656. The third kappa shape index (κ3) is 2.65. The molecule has 1 aromatic rings. The first-order valence-corrected chi connectivity index (χ1v) is 5.87. The van der Waals surface area contributed by atoms with E-state index in [2.05, 4.69) is 10.3 Å². The molecule has 4 N–H and O–H groups in total. The van der Waals surface area contributed by atoms with Gasteiger partial charge in [0, 0.05) is 12.4 Å². The molecule has 0 saturated heterocycles. The van der Waals surface area contributed by atoms with Crippen molar-refractivity contribution in [3.05, 3.63) is 18.7 Å². The minimum Gasteiger partial charge on any atom is -0.389 e. The molecule has 0 unspecified atom stereocenters. The molecule has 94 valence electrons. The lowest BCUT2D eigenvalue weighted by Crippen LogP contribution is -2.50. The van der Waals surface area contributed by atoms with Crippen LogP contribution in [0.25, 0.3) is 0 Å². The molecule has 3 atom stereocenters. The molecule has 1 aromatic heterocycles. The van der Waals surface area contributed by atoms with E-state index in [1.807, 2.05) is 10.8 Å². The van der Waals surface area contributed by atoms with Crippen LogP contribution in [0.2, 0.25) is 0 Å². The first-order chi connectivity index (χ1) is 8.22. The summed E-state index contributed by atoms with van der Waals surface area (Å²) in [5.74, 6) is -0.222. The number of imidazole rings is 1. The number of aromatic nitrogens is 2. The molecule has 0 aliphatic heterocycles. The number of carbonyl (C=O) groups is 1. The van der Waals surface area contributed by atoms with Crippen LogP contribution in [0.3, 0.4) is 0 Å². The maximum Gasteiger partial charge on any atom is 0.234 e. The highest BCUT2D eigenvalue weighted by Gasteiger charge is 2.33. The molecular weight excluding hydrogens is 220 g/mol. The largest absolute Gasteiger partial charge is 0.389 e. The van der Waals surface area contributed by atoms with Crippen molar-refractivity contribution >= 4 is 5.91 Å². The summed E-state index contributed by atoms with van der Waals surface area (Å²) in [5.41, 5.74) is 5.26. The number of nitrogens with two attached hydrogens (primary N) is 1. The molecular formula is C11H18N4O2. The van der Waals surface area contributed by atoms with Crippen LogP contribution in [0.15, 0.2) is 18.7 Å². The van der Waals surface area contributed by atoms with Crippen LogP contribution < -0.4 is 11.1 Å². The molecule has 0 spiro atoms. The highest BCUT2D eigenvalue weighted by atomic mass is 16.3. The molecule has 0 aromatic carbocycles. The smallest absolute Gasteiger partial charge is 0.234 e. The Labute approximate surface area is 99.8 Å². The van der Waals surface area contributed by atoms with Crippen molar-refractivity contribution in [2.24, 2.45) is 5.73 Å². The van der Waals surface area contributed by atoms with Crippen molar-refractivity contribution in [1.82, 2.24) is 14.9 Å². The van der Waals surface area contributed by atoms with Crippen molar-refractivity contribution in [3.8, 4) is 0 Å². The Hall–Kier alpha value is -1.40. The highest BCUT2D eigenvalue weighted by molar-refractivity contribution is 5.78. The number of nitrogens with zero attached hydrogens (tertiary/aromatic N) is 2. The fourth-order valence-corrected chi connectivity index (χ4v) is 2.37. The zero-order chi connectivity index (χ0) is 12.3. The zero-order valence-corrected chi connectivity index (χ0v) is 9.62. The third-order valence-electron chi connectivity index (χ3n) is 3.26. The predicted molar refractivity (Wildman–Crippen MR) is 62.1 cm³/mol. The minimum absolute atomic E-state index is 0.0191. The number of carbonyl (C=O) groups excluding carboxylic acids is 1. The minimum atomic E-state index is -0.589. The first kappa shape index (κ1) is 12.1. The standard InChI is InChI=1S/C11H18N4O2/c12-6-10(16)14-8-2-1-3-9(11(8)17)15-5-4-13-7-15/h4-5,7-9,11,17H,1-3,6,12H2,(H,14,16)/t8-,9-,11-/m1/s1. The SMILES string of the molecule is NCC(=O)N[C@@H]1CCC[C@@H](n2ccnc2)[C@@H]1O. The van der Waals surface area contributed by atoms with E-state index in [9.17, 15) is 9.90 Å². The number of hydrogen-bond acceptors (Lipinski definition) is 4. The Bertz CT molecular complexity index is 366. The fraction of sp³-hybridized carbons (Fsp3) is 0.636. The van der Waals surface area contributed by atoms with E-state index < -0.39 is 6.10 Å².